The number of carbonyl (C=O) groups excluding carboxylic acids is 4. The van der Waals surface area contributed by atoms with Crippen molar-refractivity contribution in [1.82, 2.24) is 10.6 Å². The van der Waals surface area contributed by atoms with Crippen LogP contribution in [0.4, 0.5) is 4.79 Å². The number of urea groups is 1. The van der Waals surface area contributed by atoms with Gasteiger partial charge in [0.05, 0.1) is 0 Å². The Morgan fingerprint density at radius 1 is 1.29 bits per heavy atom. The number of carbonyl (C=O) groups is 4. The Kier molecular flexibility index (Phi) is 2.80. The molecule has 2 N–H and O–H groups in total. The predicted octanol–water partition coefficient (Wildman–Crippen LogP) is -1.33. The summed E-state index contributed by atoms with van der Waals surface area (Å²) in [4.78, 5) is 43.4. The van der Waals surface area contributed by atoms with Crippen molar-refractivity contribution in [3.8, 4) is 0 Å². The van der Waals surface area contributed by atoms with Crippen molar-refractivity contribution in [2.45, 2.75) is 19.4 Å². The van der Waals surface area contributed by atoms with Gasteiger partial charge in [-0.3, -0.25) is 25.0 Å². The molecule has 0 aliphatic carbocycles. The molecule has 1 rings (SSSR count). The van der Waals surface area contributed by atoms with Gasteiger partial charge in [-0.1, -0.05) is 6.92 Å². The lowest BCUT2D eigenvalue weighted by Crippen LogP contribution is -2.59. The Morgan fingerprint density at radius 3 is 2.21 bits per heavy atom. The lowest BCUT2D eigenvalue weighted by molar-refractivity contribution is -0.161. The summed E-state index contributed by atoms with van der Waals surface area (Å²) < 4.78 is 4.50. The van der Waals surface area contributed by atoms with Gasteiger partial charge in [-0.05, 0) is 0 Å². The zero-order chi connectivity index (χ0) is 10.7. The monoisotopic (exact) mass is 200 g/mol. The van der Waals surface area contributed by atoms with Crippen LogP contribution in [0.25, 0.3) is 0 Å². The van der Waals surface area contributed by atoms with E-state index in [0.29, 0.717) is 0 Å². The molecule has 0 aromatic carbocycles. The van der Waals surface area contributed by atoms with Gasteiger partial charge >= 0.3 is 12.0 Å². The summed E-state index contributed by atoms with van der Waals surface area (Å²) in [5.74, 6) is -2.55. The Bertz CT molecular complexity index is 291. The molecule has 0 atom stereocenters. The fraction of sp³-hybridized carbons (Fsp3) is 0.429. The van der Waals surface area contributed by atoms with Gasteiger partial charge in [0.15, 0.2) is 0 Å². The highest BCUT2D eigenvalue weighted by Gasteiger charge is 2.36. The molecule has 0 bridgehead atoms. The average molecular weight is 200 g/mol. The van der Waals surface area contributed by atoms with Crippen molar-refractivity contribution in [3.63, 3.8) is 0 Å². The van der Waals surface area contributed by atoms with Crippen LogP contribution >= 0.6 is 0 Å². The van der Waals surface area contributed by atoms with Gasteiger partial charge in [-0.15, -0.1) is 0 Å². The first-order valence-corrected chi connectivity index (χ1v) is 3.89. The largest absolute Gasteiger partial charge is 0.442 e. The third kappa shape index (κ3) is 2.06. The molecule has 0 unspecified atom stereocenters. The molecule has 1 aliphatic heterocycles. The summed E-state index contributed by atoms with van der Waals surface area (Å²) in [7, 11) is 0. The molecule has 0 aromatic rings. The molecule has 1 fully saturated rings. The maximum Gasteiger partial charge on any atom is 0.328 e. The summed E-state index contributed by atoms with van der Waals surface area (Å²) >= 11 is 0. The van der Waals surface area contributed by atoms with E-state index in [-0.39, 0.29) is 6.42 Å². The maximum absolute atomic E-state index is 11.0. The second-order valence-corrected chi connectivity index (χ2v) is 2.53. The minimum absolute atomic E-state index is 0.0466. The first-order chi connectivity index (χ1) is 6.54. The van der Waals surface area contributed by atoms with E-state index in [4.69, 9.17) is 0 Å². The zero-order valence-electron chi connectivity index (χ0n) is 7.33. The van der Waals surface area contributed by atoms with Crippen molar-refractivity contribution in [2.75, 3.05) is 0 Å². The summed E-state index contributed by atoms with van der Waals surface area (Å²) in [5.41, 5.74) is 0. The number of barbiturate groups is 1. The number of esters is 1. The van der Waals surface area contributed by atoms with Crippen molar-refractivity contribution in [2.24, 2.45) is 0 Å². The lowest BCUT2D eigenvalue weighted by Gasteiger charge is -2.20. The molecule has 7 nitrogen and oxygen atoms in total. The minimum Gasteiger partial charge on any atom is -0.442 e. The fourth-order valence-corrected chi connectivity index (χ4v) is 0.827. The van der Waals surface area contributed by atoms with Crippen LogP contribution in [0.2, 0.25) is 0 Å². The Balaban J connectivity index is 2.68. The predicted molar refractivity (Wildman–Crippen MR) is 41.9 cm³/mol. The maximum atomic E-state index is 11.0. The molecule has 14 heavy (non-hydrogen) atoms. The molecule has 1 heterocycles. The first kappa shape index (κ1) is 10.2. The van der Waals surface area contributed by atoms with E-state index in [9.17, 15) is 19.2 Å². The van der Waals surface area contributed by atoms with E-state index in [1.165, 1.54) is 6.92 Å². The van der Waals surface area contributed by atoms with E-state index in [1.54, 1.807) is 10.6 Å². The van der Waals surface area contributed by atoms with E-state index >= 15 is 0 Å². The SMILES string of the molecule is CCC(=O)OC1C(=O)NC(=O)NC1=O. The van der Waals surface area contributed by atoms with Gasteiger partial charge in [0.2, 0.25) is 0 Å². The lowest BCUT2D eigenvalue weighted by atomic mass is 10.2. The molecular formula is C7H8N2O5. The zero-order valence-corrected chi connectivity index (χ0v) is 7.33. The summed E-state index contributed by atoms with van der Waals surface area (Å²) in [5, 5.41) is 3.60. The molecule has 7 heteroatoms. The van der Waals surface area contributed by atoms with Gasteiger partial charge in [0, 0.05) is 6.42 Å². The quantitative estimate of drug-likeness (QED) is 0.425. The number of nitrogens with one attached hydrogen (secondary N) is 2. The van der Waals surface area contributed by atoms with E-state index in [0.717, 1.165) is 0 Å². The van der Waals surface area contributed by atoms with Crippen LogP contribution in [0.15, 0.2) is 0 Å². The number of amides is 4. The highest BCUT2D eigenvalue weighted by molar-refractivity contribution is 6.18. The fourth-order valence-electron chi connectivity index (χ4n) is 0.827. The third-order valence-corrected chi connectivity index (χ3v) is 1.49. The van der Waals surface area contributed by atoms with Crippen molar-refractivity contribution >= 4 is 23.8 Å². The molecule has 0 spiro atoms. The molecule has 0 saturated carbocycles. The normalized spacial score (nSPS) is 17.4. The molecule has 1 saturated heterocycles. The van der Waals surface area contributed by atoms with Gasteiger partial charge in [0.1, 0.15) is 0 Å². The highest BCUT2D eigenvalue weighted by Crippen LogP contribution is 1.99. The second kappa shape index (κ2) is 3.86. The van der Waals surface area contributed by atoms with Crippen LogP contribution in [0.1, 0.15) is 13.3 Å². The number of hydrogen-bond acceptors (Lipinski definition) is 5. The Labute approximate surface area is 78.8 Å². The molecule has 1 aliphatic rings. The summed E-state index contributed by atoms with van der Waals surface area (Å²) in [6, 6.07) is -0.913. The second-order valence-electron chi connectivity index (χ2n) is 2.53. The third-order valence-electron chi connectivity index (χ3n) is 1.49. The minimum atomic E-state index is -1.57. The Morgan fingerprint density at radius 2 is 1.79 bits per heavy atom. The number of hydrogen-bond donors (Lipinski definition) is 2. The van der Waals surface area contributed by atoms with Crippen LogP contribution < -0.4 is 10.6 Å². The smallest absolute Gasteiger partial charge is 0.328 e. The molecular weight excluding hydrogens is 192 g/mol. The average Bonchev–Trinajstić information content (AvgIpc) is 2.10. The van der Waals surface area contributed by atoms with Crippen LogP contribution in [0.5, 0.6) is 0 Å². The standard InChI is InChI=1S/C7H8N2O5/c1-2-3(10)14-4-5(11)8-7(13)9-6(4)12/h4H,2H2,1H3,(H2,8,9,11,12,13). The molecule has 0 aromatic heterocycles. The summed E-state index contributed by atoms with van der Waals surface area (Å²) in [6.07, 6.45) is -1.52. The molecule has 0 radical (unpaired) electrons. The van der Waals surface area contributed by atoms with Gasteiger partial charge < -0.3 is 4.74 Å². The first-order valence-electron chi connectivity index (χ1n) is 3.89. The Hall–Kier alpha value is -1.92. The van der Waals surface area contributed by atoms with Gasteiger partial charge in [-0.25, -0.2) is 4.79 Å². The van der Waals surface area contributed by atoms with Crippen LogP contribution in [-0.4, -0.2) is 29.9 Å². The van der Waals surface area contributed by atoms with Crippen LogP contribution in [-0.2, 0) is 19.1 Å². The van der Waals surface area contributed by atoms with Crippen LogP contribution in [0, 0.1) is 0 Å². The topological polar surface area (TPSA) is 102 Å². The van der Waals surface area contributed by atoms with E-state index < -0.39 is 29.9 Å². The number of rotatable bonds is 2. The number of imide groups is 2. The van der Waals surface area contributed by atoms with E-state index in [2.05, 4.69) is 4.74 Å². The van der Waals surface area contributed by atoms with E-state index in [1.807, 2.05) is 0 Å². The summed E-state index contributed by atoms with van der Waals surface area (Å²) in [6.45, 7) is 1.52. The highest BCUT2D eigenvalue weighted by atomic mass is 16.6. The number of ether oxygens (including phenoxy) is 1. The molecule has 4 amide bonds. The van der Waals surface area contributed by atoms with Gasteiger partial charge in [-0.2, -0.15) is 0 Å². The molecule has 76 valence electrons. The van der Waals surface area contributed by atoms with Crippen molar-refractivity contribution in [1.29, 1.82) is 0 Å². The van der Waals surface area contributed by atoms with Gasteiger partial charge in [0.25, 0.3) is 17.9 Å². The van der Waals surface area contributed by atoms with Crippen molar-refractivity contribution < 1.29 is 23.9 Å². The van der Waals surface area contributed by atoms with Crippen LogP contribution in [0.3, 0.4) is 0 Å². The van der Waals surface area contributed by atoms with Crippen molar-refractivity contribution in [3.05, 3.63) is 0 Å².